The lowest BCUT2D eigenvalue weighted by Gasteiger charge is -2.10. The predicted molar refractivity (Wildman–Crippen MR) is 63.8 cm³/mol. The molecule has 106 valence electrons. The van der Waals surface area contributed by atoms with Crippen LogP contribution in [0.2, 0.25) is 0 Å². The second-order valence-corrected chi connectivity index (χ2v) is 4.45. The number of rotatable bonds is 7. The highest BCUT2D eigenvalue weighted by Gasteiger charge is 2.28. The zero-order valence-corrected chi connectivity index (χ0v) is 10.4. The van der Waals surface area contributed by atoms with E-state index in [2.05, 4.69) is 10.1 Å². The van der Waals surface area contributed by atoms with Gasteiger partial charge in [0, 0.05) is 12.6 Å². The molecule has 1 saturated carbocycles. The van der Waals surface area contributed by atoms with Crippen LogP contribution in [-0.4, -0.2) is 25.6 Å². The molecule has 3 nitrogen and oxygen atoms in total. The van der Waals surface area contributed by atoms with E-state index in [4.69, 9.17) is 4.74 Å². The second-order valence-electron chi connectivity index (χ2n) is 4.45. The molecule has 0 bridgehead atoms. The molecule has 0 atom stereocenters. The summed E-state index contributed by atoms with van der Waals surface area (Å²) in [6, 6.07) is 7.93. The first-order valence-electron chi connectivity index (χ1n) is 6.19. The zero-order valence-electron chi connectivity index (χ0n) is 10.4. The van der Waals surface area contributed by atoms with Gasteiger partial charge in [0.1, 0.15) is 12.4 Å². The van der Waals surface area contributed by atoms with Crippen LogP contribution in [0.5, 0.6) is 5.75 Å². The third-order valence-corrected chi connectivity index (χ3v) is 2.69. The van der Waals surface area contributed by atoms with Crippen molar-refractivity contribution in [3.63, 3.8) is 0 Å². The van der Waals surface area contributed by atoms with Crippen LogP contribution in [0.4, 0.5) is 13.2 Å². The Balaban J connectivity index is 1.71. The van der Waals surface area contributed by atoms with Crippen LogP contribution in [-0.2, 0) is 11.3 Å². The van der Waals surface area contributed by atoms with Crippen LogP contribution < -0.4 is 10.1 Å². The summed E-state index contributed by atoms with van der Waals surface area (Å²) in [7, 11) is 0. The summed E-state index contributed by atoms with van der Waals surface area (Å²) in [4.78, 5) is 0. The largest absolute Gasteiger partial charge is 0.522 e. The third kappa shape index (κ3) is 5.94. The molecule has 1 aliphatic rings. The van der Waals surface area contributed by atoms with Gasteiger partial charge in [-0.2, -0.15) is 0 Å². The maximum Gasteiger partial charge on any atom is 0.522 e. The Morgan fingerprint density at radius 2 is 2.00 bits per heavy atom. The lowest BCUT2D eigenvalue weighted by atomic mass is 10.2. The Morgan fingerprint density at radius 3 is 2.68 bits per heavy atom. The summed E-state index contributed by atoms with van der Waals surface area (Å²) >= 11 is 0. The van der Waals surface area contributed by atoms with Gasteiger partial charge in [0.25, 0.3) is 0 Å². The van der Waals surface area contributed by atoms with Crippen molar-refractivity contribution in [3.05, 3.63) is 29.8 Å². The highest BCUT2D eigenvalue weighted by molar-refractivity contribution is 5.28. The molecule has 1 fully saturated rings. The highest BCUT2D eigenvalue weighted by Crippen LogP contribution is 2.20. The molecule has 6 heteroatoms. The molecule has 0 aromatic heterocycles. The van der Waals surface area contributed by atoms with Crippen molar-refractivity contribution in [2.45, 2.75) is 31.8 Å². The number of hydrogen-bond acceptors (Lipinski definition) is 3. The van der Waals surface area contributed by atoms with Crippen LogP contribution in [0, 0.1) is 0 Å². The minimum absolute atomic E-state index is 0.126. The van der Waals surface area contributed by atoms with Crippen molar-refractivity contribution in [3.8, 4) is 5.75 Å². The Labute approximate surface area is 109 Å². The minimum atomic E-state index is -4.60. The summed E-state index contributed by atoms with van der Waals surface area (Å²) < 4.78 is 44.1. The van der Waals surface area contributed by atoms with E-state index < -0.39 is 13.0 Å². The van der Waals surface area contributed by atoms with Gasteiger partial charge in [-0.05, 0) is 30.5 Å². The van der Waals surface area contributed by atoms with Gasteiger partial charge in [-0.1, -0.05) is 12.1 Å². The topological polar surface area (TPSA) is 30.5 Å². The molecule has 1 aliphatic carbocycles. The highest BCUT2D eigenvalue weighted by atomic mass is 19.4. The first-order chi connectivity index (χ1) is 9.03. The van der Waals surface area contributed by atoms with Crippen molar-refractivity contribution in [1.29, 1.82) is 0 Å². The second kappa shape index (κ2) is 6.25. The predicted octanol–water partition coefficient (Wildman–Crippen LogP) is 2.85. The normalized spacial score (nSPS) is 15.5. The van der Waals surface area contributed by atoms with Crippen molar-refractivity contribution >= 4 is 0 Å². The van der Waals surface area contributed by atoms with E-state index in [1.165, 1.54) is 12.8 Å². The van der Waals surface area contributed by atoms with Crippen LogP contribution in [0.1, 0.15) is 18.4 Å². The van der Waals surface area contributed by atoms with E-state index in [1.807, 2.05) is 18.2 Å². The monoisotopic (exact) mass is 275 g/mol. The van der Waals surface area contributed by atoms with Crippen molar-refractivity contribution in [2.75, 3.05) is 13.2 Å². The summed E-state index contributed by atoms with van der Waals surface area (Å²) in [5, 5.41) is 3.36. The van der Waals surface area contributed by atoms with Gasteiger partial charge < -0.3 is 10.1 Å². The molecule has 19 heavy (non-hydrogen) atoms. The number of hydrogen-bond donors (Lipinski definition) is 1. The van der Waals surface area contributed by atoms with Gasteiger partial charge in [0.15, 0.2) is 0 Å². The van der Waals surface area contributed by atoms with Crippen molar-refractivity contribution in [2.24, 2.45) is 0 Å². The molecule has 0 radical (unpaired) electrons. The molecular formula is C13H16F3NO2. The van der Waals surface area contributed by atoms with Crippen molar-refractivity contribution in [1.82, 2.24) is 5.32 Å². The minimum Gasteiger partial charge on any atom is -0.491 e. The van der Waals surface area contributed by atoms with Crippen LogP contribution >= 0.6 is 0 Å². The summed E-state index contributed by atoms with van der Waals surface area (Å²) in [5.74, 6) is 0.556. The quantitative estimate of drug-likeness (QED) is 0.776. The fourth-order valence-corrected chi connectivity index (χ4v) is 1.61. The van der Waals surface area contributed by atoms with Crippen LogP contribution in [0.3, 0.4) is 0 Å². The SMILES string of the molecule is FC(F)(F)OCCOc1cccc(CNC2CC2)c1. The first kappa shape index (κ1) is 14.1. The Kier molecular flexibility index (Phi) is 4.66. The fourth-order valence-electron chi connectivity index (χ4n) is 1.61. The summed E-state index contributed by atoms with van der Waals surface area (Å²) in [6.45, 7) is 0.119. The van der Waals surface area contributed by atoms with E-state index in [9.17, 15) is 13.2 Å². The van der Waals surface area contributed by atoms with E-state index in [0.29, 0.717) is 11.8 Å². The number of benzene rings is 1. The average molecular weight is 275 g/mol. The number of halogens is 3. The number of alkyl halides is 3. The lowest BCUT2D eigenvalue weighted by Crippen LogP contribution is -2.18. The molecule has 1 aromatic carbocycles. The van der Waals surface area contributed by atoms with Crippen molar-refractivity contribution < 1.29 is 22.6 Å². The average Bonchev–Trinajstić information content (AvgIpc) is 3.16. The Bertz CT molecular complexity index is 405. The fraction of sp³-hybridized carbons (Fsp3) is 0.538. The molecule has 0 saturated heterocycles. The first-order valence-corrected chi connectivity index (χ1v) is 6.19. The van der Waals surface area contributed by atoms with E-state index in [1.54, 1.807) is 6.07 Å². The third-order valence-electron chi connectivity index (χ3n) is 2.69. The Morgan fingerprint density at radius 1 is 1.21 bits per heavy atom. The van der Waals surface area contributed by atoms with Gasteiger partial charge >= 0.3 is 6.36 Å². The van der Waals surface area contributed by atoms with Gasteiger partial charge in [-0.15, -0.1) is 13.2 Å². The van der Waals surface area contributed by atoms with Gasteiger partial charge in [-0.3, -0.25) is 4.74 Å². The standard InChI is InChI=1S/C13H16F3NO2/c14-13(15,16)19-7-6-18-12-3-1-2-10(8-12)9-17-11-4-5-11/h1-3,8,11,17H,4-7,9H2. The maximum absolute atomic E-state index is 11.7. The van der Waals surface area contributed by atoms with Gasteiger partial charge in [0.2, 0.25) is 0 Å². The van der Waals surface area contributed by atoms with Gasteiger partial charge in [-0.25, -0.2) is 0 Å². The molecule has 1 N–H and O–H groups in total. The smallest absolute Gasteiger partial charge is 0.491 e. The van der Waals surface area contributed by atoms with Crippen LogP contribution in [0.15, 0.2) is 24.3 Å². The molecular weight excluding hydrogens is 259 g/mol. The molecule has 0 unspecified atom stereocenters. The molecule has 2 rings (SSSR count). The molecule has 0 heterocycles. The summed E-state index contributed by atoms with van der Waals surface area (Å²) in [5.41, 5.74) is 1.06. The number of nitrogens with one attached hydrogen (secondary N) is 1. The molecule has 0 aliphatic heterocycles. The summed E-state index contributed by atoms with van der Waals surface area (Å²) in [6.07, 6.45) is -2.17. The Hall–Kier alpha value is -1.27. The lowest BCUT2D eigenvalue weighted by molar-refractivity contribution is -0.325. The molecule has 0 amide bonds. The maximum atomic E-state index is 11.7. The van der Waals surface area contributed by atoms with Gasteiger partial charge in [0.05, 0.1) is 6.61 Å². The van der Waals surface area contributed by atoms with E-state index in [-0.39, 0.29) is 6.61 Å². The molecule has 0 spiro atoms. The number of ether oxygens (including phenoxy) is 2. The molecule has 1 aromatic rings. The van der Waals surface area contributed by atoms with E-state index in [0.717, 1.165) is 12.1 Å². The van der Waals surface area contributed by atoms with E-state index >= 15 is 0 Å². The zero-order chi connectivity index (χ0) is 13.7. The van der Waals surface area contributed by atoms with Crippen LogP contribution in [0.25, 0.3) is 0 Å².